The van der Waals surface area contributed by atoms with E-state index in [1.807, 2.05) is 61.7 Å². The van der Waals surface area contributed by atoms with Crippen LogP contribution in [0.3, 0.4) is 0 Å². The second-order valence-electron chi connectivity index (χ2n) is 7.07. The zero-order chi connectivity index (χ0) is 19.5. The Hall–Kier alpha value is -2.92. The number of hydrogen-bond donors (Lipinski definition) is 1. The van der Waals surface area contributed by atoms with Crippen molar-refractivity contribution in [1.82, 2.24) is 9.88 Å². The average Bonchev–Trinajstić information content (AvgIpc) is 3.19. The molecule has 1 saturated heterocycles. The van der Waals surface area contributed by atoms with E-state index in [-0.39, 0.29) is 6.04 Å². The number of aliphatic carboxylic acids is 1. The first kappa shape index (κ1) is 18.4. The quantitative estimate of drug-likeness (QED) is 0.696. The van der Waals surface area contributed by atoms with Gasteiger partial charge in [0, 0.05) is 23.7 Å². The lowest BCUT2D eigenvalue weighted by atomic mass is 9.95. The van der Waals surface area contributed by atoms with Crippen LogP contribution in [-0.4, -0.2) is 40.2 Å². The Morgan fingerprint density at radius 2 is 2.04 bits per heavy atom. The lowest BCUT2D eigenvalue weighted by molar-refractivity contribution is -0.142. The van der Waals surface area contributed by atoms with Gasteiger partial charge in [-0.1, -0.05) is 36.4 Å². The number of carboxylic acids is 1. The number of carboxylic acid groups (broad SMARTS) is 1. The zero-order valence-corrected chi connectivity index (χ0v) is 15.9. The molecule has 2 heterocycles. The molecule has 5 nitrogen and oxygen atoms in total. The van der Waals surface area contributed by atoms with E-state index in [1.54, 1.807) is 0 Å². The van der Waals surface area contributed by atoms with Gasteiger partial charge < -0.3 is 9.84 Å². The van der Waals surface area contributed by atoms with Crippen LogP contribution >= 0.6 is 0 Å². The maximum atomic E-state index is 11.9. The molecule has 1 aliphatic heterocycles. The van der Waals surface area contributed by atoms with Crippen molar-refractivity contribution in [1.29, 1.82) is 0 Å². The van der Waals surface area contributed by atoms with Crippen LogP contribution in [0.4, 0.5) is 0 Å². The van der Waals surface area contributed by atoms with E-state index in [9.17, 15) is 9.90 Å². The molecular weight excluding hydrogens is 352 g/mol. The largest absolute Gasteiger partial charge is 0.494 e. The summed E-state index contributed by atoms with van der Waals surface area (Å²) in [5.74, 6) is 0.0179. The summed E-state index contributed by atoms with van der Waals surface area (Å²) in [5.41, 5.74) is 2.90. The van der Waals surface area contributed by atoms with E-state index in [2.05, 4.69) is 16.0 Å². The Labute approximate surface area is 164 Å². The van der Waals surface area contributed by atoms with E-state index in [0.717, 1.165) is 40.7 Å². The van der Waals surface area contributed by atoms with Gasteiger partial charge in [-0.25, -0.2) is 0 Å². The van der Waals surface area contributed by atoms with Crippen LogP contribution in [0, 0.1) is 0 Å². The van der Waals surface area contributed by atoms with Crippen molar-refractivity contribution in [2.45, 2.75) is 31.8 Å². The minimum Gasteiger partial charge on any atom is -0.494 e. The minimum atomic E-state index is -0.773. The lowest BCUT2D eigenvalue weighted by Crippen LogP contribution is -2.39. The molecule has 0 radical (unpaired) electrons. The van der Waals surface area contributed by atoms with Crippen molar-refractivity contribution in [2.75, 3.05) is 13.2 Å². The summed E-state index contributed by atoms with van der Waals surface area (Å²) >= 11 is 0. The van der Waals surface area contributed by atoms with Crippen LogP contribution in [0.15, 0.2) is 60.8 Å². The Balaban J connectivity index is 1.87. The van der Waals surface area contributed by atoms with Crippen molar-refractivity contribution in [3.05, 3.63) is 71.9 Å². The molecule has 28 heavy (non-hydrogen) atoms. The van der Waals surface area contributed by atoms with Gasteiger partial charge in [-0.2, -0.15) is 0 Å². The molecule has 144 valence electrons. The molecule has 0 aliphatic carbocycles. The number of aromatic nitrogens is 1. The number of likely N-dealkylation sites (tertiary alicyclic amines) is 1. The number of benzene rings is 2. The highest BCUT2D eigenvalue weighted by molar-refractivity contribution is 5.79. The fraction of sp³-hybridized carbons (Fsp3) is 0.304. The van der Waals surface area contributed by atoms with Crippen LogP contribution < -0.4 is 4.74 Å². The van der Waals surface area contributed by atoms with Gasteiger partial charge in [-0.05, 0) is 43.5 Å². The number of ether oxygens (including phenoxy) is 1. The molecule has 5 heteroatoms. The number of hydrogen-bond acceptors (Lipinski definition) is 4. The third-order valence-corrected chi connectivity index (χ3v) is 5.35. The average molecular weight is 376 g/mol. The number of pyridine rings is 1. The smallest absolute Gasteiger partial charge is 0.320 e. The van der Waals surface area contributed by atoms with Gasteiger partial charge in [0.05, 0.1) is 18.2 Å². The predicted octanol–water partition coefficient (Wildman–Crippen LogP) is 4.27. The first-order chi connectivity index (χ1) is 13.7. The van der Waals surface area contributed by atoms with Gasteiger partial charge in [0.2, 0.25) is 0 Å². The molecule has 0 spiro atoms. The molecule has 1 fully saturated rings. The highest BCUT2D eigenvalue weighted by atomic mass is 16.5. The fourth-order valence-corrected chi connectivity index (χ4v) is 4.14. The third-order valence-electron chi connectivity index (χ3n) is 5.35. The minimum absolute atomic E-state index is 0.219. The second-order valence-corrected chi connectivity index (χ2v) is 7.07. The second kappa shape index (κ2) is 7.98. The van der Waals surface area contributed by atoms with Crippen molar-refractivity contribution in [2.24, 2.45) is 0 Å². The molecule has 0 saturated carbocycles. The topological polar surface area (TPSA) is 62.7 Å². The summed E-state index contributed by atoms with van der Waals surface area (Å²) in [6.07, 6.45) is 3.39. The van der Waals surface area contributed by atoms with Crippen LogP contribution in [0.1, 0.15) is 36.9 Å². The summed E-state index contributed by atoms with van der Waals surface area (Å²) in [6, 6.07) is 17.3. The summed E-state index contributed by atoms with van der Waals surface area (Å²) in [6.45, 7) is 3.25. The molecule has 2 aromatic carbocycles. The molecule has 4 rings (SSSR count). The molecule has 0 bridgehead atoms. The van der Waals surface area contributed by atoms with Gasteiger partial charge >= 0.3 is 5.97 Å². The summed E-state index contributed by atoms with van der Waals surface area (Å²) < 4.78 is 5.89. The van der Waals surface area contributed by atoms with Gasteiger partial charge in [0.1, 0.15) is 11.8 Å². The van der Waals surface area contributed by atoms with E-state index in [0.29, 0.717) is 13.0 Å². The van der Waals surface area contributed by atoms with Crippen LogP contribution in [0.5, 0.6) is 5.75 Å². The maximum absolute atomic E-state index is 11.9. The summed E-state index contributed by atoms with van der Waals surface area (Å²) in [7, 11) is 0. The zero-order valence-electron chi connectivity index (χ0n) is 15.9. The monoisotopic (exact) mass is 376 g/mol. The van der Waals surface area contributed by atoms with E-state index in [1.165, 1.54) is 0 Å². The molecule has 1 aromatic heterocycles. The van der Waals surface area contributed by atoms with Gasteiger partial charge in [0.25, 0.3) is 0 Å². The van der Waals surface area contributed by atoms with Gasteiger partial charge in [-0.3, -0.25) is 14.7 Å². The Morgan fingerprint density at radius 3 is 2.86 bits per heavy atom. The standard InChI is InChI=1S/C23H24N2O3/c1-2-28-21-12-6-4-9-18(21)22(25-13-7-11-20(25)23(26)27)17-14-16-8-3-5-10-19(16)24-15-17/h3-6,8-10,12,14-15,20,22H,2,7,11,13H2,1H3,(H,26,27). The lowest BCUT2D eigenvalue weighted by Gasteiger charge is -2.32. The van der Waals surface area contributed by atoms with Crippen LogP contribution in [0.25, 0.3) is 10.9 Å². The van der Waals surface area contributed by atoms with Crippen molar-refractivity contribution < 1.29 is 14.6 Å². The van der Waals surface area contributed by atoms with E-state index in [4.69, 9.17) is 4.74 Å². The molecule has 1 aliphatic rings. The Bertz CT molecular complexity index is 988. The first-order valence-electron chi connectivity index (χ1n) is 9.74. The first-order valence-corrected chi connectivity index (χ1v) is 9.74. The Morgan fingerprint density at radius 1 is 1.25 bits per heavy atom. The van der Waals surface area contributed by atoms with Crippen LogP contribution in [0.2, 0.25) is 0 Å². The predicted molar refractivity (Wildman–Crippen MR) is 109 cm³/mol. The normalized spacial score (nSPS) is 18.2. The number of rotatable bonds is 6. The van der Waals surface area contributed by atoms with Crippen LogP contribution in [-0.2, 0) is 4.79 Å². The fourth-order valence-electron chi connectivity index (χ4n) is 4.14. The number of nitrogens with zero attached hydrogens (tertiary/aromatic N) is 2. The molecule has 1 N–H and O–H groups in total. The highest BCUT2D eigenvalue weighted by Gasteiger charge is 2.38. The van der Waals surface area contributed by atoms with Crippen molar-refractivity contribution in [3.63, 3.8) is 0 Å². The molecule has 0 amide bonds. The van der Waals surface area contributed by atoms with Gasteiger partial charge in [0.15, 0.2) is 0 Å². The summed E-state index contributed by atoms with van der Waals surface area (Å²) in [4.78, 5) is 18.6. The van der Waals surface area contributed by atoms with Gasteiger partial charge in [-0.15, -0.1) is 0 Å². The number of fused-ring (bicyclic) bond motifs is 1. The molecular formula is C23H24N2O3. The molecule has 3 aromatic rings. The summed E-state index contributed by atoms with van der Waals surface area (Å²) in [5, 5.41) is 10.8. The third kappa shape index (κ3) is 3.45. The number of carbonyl (C=O) groups is 1. The van der Waals surface area contributed by atoms with Crippen molar-refractivity contribution >= 4 is 16.9 Å². The maximum Gasteiger partial charge on any atom is 0.320 e. The SMILES string of the molecule is CCOc1ccccc1C(c1cnc2ccccc2c1)N1CCCC1C(=O)O. The van der Waals surface area contributed by atoms with Crippen molar-refractivity contribution in [3.8, 4) is 5.75 Å². The van der Waals surface area contributed by atoms with E-state index < -0.39 is 12.0 Å². The Kier molecular flexibility index (Phi) is 5.26. The van der Waals surface area contributed by atoms with E-state index >= 15 is 0 Å². The highest BCUT2D eigenvalue weighted by Crippen LogP contribution is 2.39. The molecule has 2 unspecified atom stereocenters. The number of para-hydroxylation sites is 2. The molecule has 2 atom stereocenters.